The quantitative estimate of drug-likeness (QED) is 0.778. The van der Waals surface area contributed by atoms with E-state index in [9.17, 15) is 18.4 Å². The normalized spacial score (nSPS) is 11.7. The van der Waals surface area contributed by atoms with Crippen LogP contribution in [0, 0.1) is 0 Å². The molecule has 0 heterocycles. The zero-order valence-electron chi connectivity index (χ0n) is 12.4. The fraction of sp³-hybridized carbons (Fsp3) is 0.429. The van der Waals surface area contributed by atoms with Crippen molar-refractivity contribution in [2.75, 3.05) is 13.7 Å². The van der Waals surface area contributed by atoms with Crippen LogP contribution in [0.25, 0.3) is 0 Å². The minimum absolute atomic E-state index is 0.0413. The molecule has 0 aliphatic heterocycles. The topological polar surface area (TPSA) is 73.9 Å². The van der Waals surface area contributed by atoms with E-state index in [1.54, 1.807) is 6.92 Å². The molecule has 1 amide bonds. The molecule has 22 heavy (non-hydrogen) atoms. The van der Waals surface area contributed by atoms with Gasteiger partial charge < -0.3 is 19.5 Å². The van der Waals surface area contributed by atoms with Gasteiger partial charge in [0.05, 0.1) is 12.7 Å². The van der Waals surface area contributed by atoms with Crippen molar-refractivity contribution in [3.63, 3.8) is 0 Å². The first-order chi connectivity index (χ1) is 10.4. The highest BCUT2D eigenvalue weighted by atomic mass is 19.3. The highest BCUT2D eigenvalue weighted by Crippen LogP contribution is 2.29. The lowest BCUT2D eigenvalue weighted by Crippen LogP contribution is -2.35. The van der Waals surface area contributed by atoms with Gasteiger partial charge in [-0.15, -0.1) is 0 Å². The Morgan fingerprint density at radius 2 is 1.95 bits per heavy atom. The van der Waals surface area contributed by atoms with Crippen molar-refractivity contribution in [1.29, 1.82) is 0 Å². The number of amides is 1. The molecule has 0 saturated heterocycles. The van der Waals surface area contributed by atoms with Crippen LogP contribution in [0.5, 0.6) is 11.5 Å². The standard InChI is InChI=1S/C14H17F2NO5/c1-4-17-12(18)8(2)21-13(19)9-5-6-10(22-14(15)16)11(7-9)20-3/h5-8,14H,4H2,1-3H3,(H,17,18)/t8-/m1/s1. The molecule has 122 valence electrons. The molecule has 0 saturated carbocycles. The number of nitrogens with one attached hydrogen (secondary N) is 1. The fourth-order valence-electron chi connectivity index (χ4n) is 1.59. The van der Waals surface area contributed by atoms with E-state index in [4.69, 9.17) is 9.47 Å². The second-order valence-electron chi connectivity index (χ2n) is 4.19. The maximum absolute atomic E-state index is 12.2. The summed E-state index contributed by atoms with van der Waals surface area (Å²) in [6.45, 7) is 0.561. The second kappa shape index (κ2) is 8.16. The minimum atomic E-state index is -3.01. The van der Waals surface area contributed by atoms with Crippen molar-refractivity contribution in [3.05, 3.63) is 23.8 Å². The lowest BCUT2D eigenvalue weighted by atomic mass is 10.2. The van der Waals surface area contributed by atoms with Gasteiger partial charge >= 0.3 is 12.6 Å². The van der Waals surface area contributed by atoms with Crippen LogP contribution in [0.4, 0.5) is 8.78 Å². The summed E-state index contributed by atoms with van der Waals surface area (Å²) >= 11 is 0. The van der Waals surface area contributed by atoms with Gasteiger partial charge in [0.2, 0.25) is 0 Å². The van der Waals surface area contributed by atoms with E-state index < -0.39 is 24.6 Å². The van der Waals surface area contributed by atoms with Crippen LogP contribution in [-0.2, 0) is 9.53 Å². The molecule has 0 radical (unpaired) electrons. The molecule has 0 unspecified atom stereocenters. The largest absolute Gasteiger partial charge is 0.493 e. The monoisotopic (exact) mass is 317 g/mol. The average molecular weight is 317 g/mol. The first-order valence-corrected chi connectivity index (χ1v) is 6.50. The van der Waals surface area contributed by atoms with E-state index in [-0.39, 0.29) is 17.1 Å². The molecular formula is C14H17F2NO5. The lowest BCUT2D eigenvalue weighted by Gasteiger charge is -2.14. The zero-order valence-corrected chi connectivity index (χ0v) is 12.4. The highest BCUT2D eigenvalue weighted by molar-refractivity contribution is 5.92. The van der Waals surface area contributed by atoms with E-state index in [0.717, 1.165) is 0 Å². The van der Waals surface area contributed by atoms with Gasteiger partial charge in [-0.3, -0.25) is 4.79 Å². The molecule has 8 heteroatoms. The van der Waals surface area contributed by atoms with Crippen LogP contribution < -0.4 is 14.8 Å². The van der Waals surface area contributed by atoms with Crippen molar-refractivity contribution >= 4 is 11.9 Å². The summed E-state index contributed by atoms with van der Waals surface area (Å²) in [6.07, 6.45) is -0.976. The molecule has 0 fully saturated rings. The molecule has 0 aromatic heterocycles. The summed E-state index contributed by atoms with van der Waals surface area (Å²) in [7, 11) is 1.25. The number of carbonyl (C=O) groups excluding carboxylic acids is 2. The summed E-state index contributed by atoms with van der Waals surface area (Å²) in [5.74, 6) is -1.45. The van der Waals surface area contributed by atoms with Crippen LogP contribution in [0.1, 0.15) is 24.2 Å². The Kier molecular flexibility index (Phi) is 6.55. The summed E-state index contributed by atoms with van der Waals surface area (Å²) < 4.78 is 38.5. The number of carbonyl (C=O) groups is 2. The Morgan fingerprint density at radius 1 is 1.27 bits per heavy atom. The van der Waals surface area contributed by atoms with Crippen molar-refractivity contribution < 1.29 is 32.6 Å². The number of ether oxygens (including phenoxy) is 3. The molecule has 6 nitrogen and oxygen atoms in total. The first kappa shape index (κ1) is 17.7. The summed E-state index contributed by atoms with van der Waals surface area (Å²) in [5, 5.41) is 2.51. The molecule has 0 aliphatic rings. The Balaban J connectivity index is 2.84. The van der Waals surface area contributed by atoms with E-state index in [1.807, 2.05) is 0 Å². The molecular weight excluding hydrogens is 300 g/mol. The molecule has 0 aliphatic carbocycles. The average Bonchev–Trinajstić information content (AvgIpc) is 2.47. The molecule has 1 atom stereocenters. The van der Waals surface area contributed by atoms with Crippen LogP contribution in [0.15, 0.2) is 18.2 Å². The van der Waals surface area contributed by atoms with Gasteiger partial charge in [-0.2, -0.15) is 8.78 Å². The van der Waals surface area contributed by atoms with Gasteiger partial charge in [-0.1, -0.05) is 0 Å². The minimum Gasteiger partial charge on any atom is -0.493 e. The van der Waals surface area contributed by atoms with Gasteiger partial charge in [0.15, 0.2) is 17.6 Å². The first-order valence-electron chi connectivity index (χ1n) is 6.50. The zero-order chi connectivity index (χ0) is 16.7. The third-order valence-corrected chi connectivity index (χ3v) is 2.62. The number of alkyl halides is 2. The van der Waals surface area contributed by atoms with Crippen molar-refractivity contribution in [2.45, 2.75) is 26.6 Å². The molecule has 1 N–H and O–H groups in total. The third-order valence-electron chi connectivity index (χ3n) is 2.62. The summed E-state index contributed by atoms with van der Waals surface area (Å²) in [5.41, 5.74) is 0.0506. The third kappa shape index (κ3) is 4.87. The smallest absolute Gasteiger partial charge is 0.387 e. The van der Waals surface area contributed by atoms with Crippen LogP contribution in [-0.4, -0.2) is 38.2 Å². The van der Waals surface area contributed by atoms with E-state index in [0.29, 0.717) is 6.54 Å². The predicted molar refractivity (Wildman–Crippen MR) is 73.2 cm³/mol. The molecule has 1 aromatic carbocycles. The van der Waals surface area contributed by atoms with E-state index in [1.165, 1.54) is 32.2 Å². The molecule has 0 spiro atoms. The highest BCUT2D eigenvalue weighted by Gasteiger charge is 2.20. The van der Waals surface area contributed by atoms with E-state index >= 15 is 0 Å². The number of hydrogen-bond donors (Lipinski definition) is 1. The van der Waals surface area contributed by atoms with Crippen LogP contribution >= 0.6 is 0 Å². The number of likely N-dealkylation sites (N-methyl/N-ethyl adjacent to an activating group) is 1. The Bertz CT molecular complexity index is 536. The molecule has 1 aromatic rings. The Morgan fingerprint density at radius 3 is 2.50 bits per heavy atom. The number of halogens is 2. The molecule has 0 bridgehead atoms. The van der Waals surface area contributed by atoms with Crippen molar-refractivity contribution in [3.8, 4) is 11.5 Å². The number of esters is 1. The summed E-state index contributed by atoms with van der Waals surface area (Å²) in [6, 6.07) is 3.61. The Hall–Kier alpha value is -2.38. The molecule has 1 rings (SSSR count). The Labute approximate surface area is 126 Å². The summed E-state index contributed by atoms with van der Waals surface area (Å²) in [4.78, 5) is 23.4. The van der Waals surface area contributed by atoms with Crippen molar-refractivity contribution in [1.82, 2.24) is 5.32 Å². The van der Waals surface area contributed by atoms with Gasteiger partial charge in [-0.05, 0) is 32.0 Å². The van der Waals surface area contributed by atoms with Gasteiger partial charge in [0.1, 0.15) is 0 Å². The van der Waals surface area contributed by atoms with Crippen LogP contribution in [0.2, 0.25) is 0 Å². The van der Waals surface area contributed by atoms with Gasteiger partial charge in [0, 0.05) is 6.54 Å². The number of hydrogen-bond acceptors (Lipinski definition) is 5. The van der Waals surface area contributed by atoms with E-state index in [2.05, 4.69) is 10.1 Å². The van der Waals surface area contributed by atoms with Gasteiger partial charge in [-0.25, -0.2) is 4.79 Å². The van der Waals surface area contributed by atoms with Crippen LogP contribution in [0.3, 0.4) is 0 Å². The van der Waals surface area contributed by atoms with Gasteiger partial charge in [0.25, 0.3) is 5.91 Å². The second-order valence-corrected chi connectivity index (χ2v) is 4.19. The number of benzene rings is 1. The SMILES string of the molecule is CCNC(=O)[C@@H](C)OC(=O)c1ccc(OC(F)F)c(OC)c1. The van der Waals surface area contributed by atoms with Crippen molar-refractivity contribution in [2.24, 2.45) is 0 Å². The lowest BCUT2D eigenvalue weighted by molar-refractivity contribution is -0.128. The maximum atomic E-state index is 12.2. The number of rotatable bonds is 7. The fourth-order valence-corrected chi connectivity index (χ4v) is 1.59. The maximum Gasteiger partial charge on any atom is 0.387 e. The predicted octanol–water partition coefficient (Wildman–Crippen LogP) is 1.98. The number of methoxy groups -OCH3 is 1.